The molecule has 1 heterocycles. The van der Waals surface area contributed by atoms with Gasteiger partial charge in [-0.25, -0.2) is 0 Å². The predicted molar refractivity (Wildman–Crippen MR) is 116 cm³/mol. The Morgan fingerprint density at radius 2 is 2.10 bits per heavy atom. The molecule has 1 amide bonds. The van der Waals surface area contributed by atoms with Crippen molar-refractivity contribution in [2.24, 2.45) is 10.2 Å². The smallest absolute Gasteiger partial charge is 0.305 e. The number of halogens is 1. The van der Waals surface area contributed by atoms with E-state index in [1.54, 1.807) is 24.3 Å². The van der Waals surface area contributed by atoms with Gasteiger partial charge in [0.05, 0.1) is 19.7 Å². The van der Waals surface area contributed by atoms with Crippen LogP contribution in [0.15, 0.2) is 52.7 Å². The minimum absolute atomic E-state index is 0.234. The zero-order chi connectivity index (χ0) is 21.5. The molecule has 1 atom stereocenters. The van der Waals surface area contributed by atoms with Crippen molar-refractivity contribution in [2.75, 3.05) is 7.11 Å². The molecule has 0 spiro atoms. The van der Waals surface area contributed by atoms with Gasteiger partial charge in [0.15, 0.2) is 16.7 Å². The number of carbonyl (C=O) groups excluding carboxylic acids is 1. The monoisotopic (exact) mass is 447 g/mol. The third-order valence-corrected chi connectivity index (χ3v) is 5.48. The zero-order valence-electron chi connectivity index (χ0n) is 15.9. The number of hydrogen-bond acceptors (Lipinski definition) is 7. The minimum Gasteiger partial charge on any atom is -0.493 e. The molecule has 0 radical (unpaired) electrons. The second-order valence-corrected chi connectivity index (χ2v) is 7.70. The van der Waals surface area contributed by atoms with Gasteiger partial charge in [-0.15, -0.1) is 5.10 Å². The molecule has 1 aliphatic rings. The Hall–Kier alpha value is -3.04. The molecule has 1 fully saturated rings. The molecule has 0 unspecified atom stereocenters. The number of carboxylic acids is 1. The average Bonchev–Trinajstić information content (AvgIpc) is 3.06. The molecule has 0 aliphatic carbocycles. The maximum absolute atomic E-state index is 11.8. The molecule has 8 nitrogen and oxygen atoms in total. The van der Waals surface area contributed by atoms with E-state index in [-0.39, 0.29) is 18.2 Å². The fourth-order valence-corrected chi connectivity index (χ4v) is 3.71. The minimum atomic E-state index is -1.05. The van der Waals surface area contributed by atoms with E-state index in [1.165, 1.54) is 13.3 Å². The van der Waals surface area contributed by atoms with Gasteiger partial charge in [-0.2, -0.15) is 5.10 Å². The van der Waals surface area contributed by atoms with Crippen molar-refractivity contribution in [1.29, 1.82) is 0 Å². The van der Waals surface area contributed by atoms with E-state index in [4.69, 9.17) is 26.2 Å². The van der Waals surface area contributed by atoms with E-state index >= 15 is 0 Å². The number of hydrogen-bond donors (Lipinski definition) is 2. The number of nitrogens with one attached hydrogen (secondary N) is 1. The number of aliphatic carboxylic acids is 1. The molecule has 30 heavy (non-hydrogen) atoms. The lowest BCUT2D eigenvalue weighted by atomic mass is 10.2. The number of thioether (sulfide) groups is 1. The molecule has 156 valence electrons. The lowest BCUT2D eigenvalue weighted by Gasteiger charge is -2.13. The highest BCUT2D eigenvalue weighted by molar-refractivity contribution is 8.15. The summed E-state index contributed by atoms with van der Waals surface area (Å²) in [5.74, 6) is -0.468. The molecule has 1 aliphatic heterocycles. The first-order chi connectivity index (χ1) is 14.5. The van der Waals surface area contributed by atoms with E-state index in [1.807, 2.05) is 18.2 Å². The van der Waals surface area contributed by atoms with Gasteiger partial charge in [-0.1, -0.05) is 47.6 Å². The van der Waals surface area contributed by atoms with Gasteiger partial charge in [-0.3, -0.25) is 9.59 Å². The normalized spacial score (nSPS) is 17.3. The molecule has 0 bridgehead atoms. The van der Waals surface area contributed by atoms with E-state index in [2.05, 4.69) is 15.5 Å². The van der Waals surface area contributed by atoms with Crippen LogP contribution in [0.1, 0.15) is 17.5 Å². The van der Waals surface area contributed by atoms with Crippen LogP contribution in [-0.2, 0) is 16.2 Å². The quantitative estimate of drug-likeness (QED) is 0.474. The van der Waals surface area contributed by atoms with E-state index < -0.39 is 17.1 Å². The summed E-state index contributed by atoms with van der Waals surface area (Å²) in [7, 11) is 1.53. The van der Waals surface area contributed by atoms with Crippen molar-refractivity contribution in [1.82, 2.24) is 5.32 Å². The Morgan fingerprint density at radius 3 is 2.83 bits per heavy atom. The van der Waals surface area contributed by atoms with Crippen LogP contribution in [0.25, 0.3) is 0 Å². The summed E-state index contributed by atoms with van der Waals surface area (Å²) >= 11 is 7.21. The van der Waals surface area contributed by atoms with Crippen LogP contribution in [0, 0.1) is 0 Å². The Balaban J connectivity index is 1.75. The fraction of sp³-hybridized carbons (Fsp3) is 0.200. The summed E-state index contributed by atoms with van der Waals surface area (Å²) in [5.41, 5.74) is 1.44. The van der Waals surface area contributed by atoms with E-state index in [9.17, 15) is 9.59 Å². The first-order valence-electron chi connectivity index (χ1n) is 8.81. The van der Waals surface area contributed by atoms with Crippen LogP contribution in [-0.4, -0.2) is 40.7 Å². The Morgan fingerprint density at radius 1 is 1.30 bits per heavy atom. The van der Waals surface area contributed by atoms with E-state index in [0.29, 0.717) is 22.1 Å². The number of benzene rings is 2. The Labute approximate surface area is 181 Å². The van der Waals surface area contributed by atoms with Crippen molar-refractivity contribution < 1.29 is 24.2 Å². The number of amides is 1. The summed E-state index contributed by atoms with van der Waals surface area (Å²) in [6, 6.07) is 12.7. The number of methoxy groups -OCH3 is 1. The van der Waals surface area contributed by atoms with Gasteiger partial charge >= 0.3 is 5.97 Å². The van der Waals surface area contributed by atoms with Gasteiger partial charge in [-0.05, 0) is 18.2 Å². The summed E-state index contributed by atoms with van der Waals surface area (Å²) in [5, 5.41) is 19.4. The van der Waals surface area contributed by atoms with Crippen molar-refractivity contribution in [3.8, 4) is 11.5 Å². The van der Waals surface area contributed by atoms with Crippen LogP contribution in [0.2, 0.25) is 5.02 Å². The van der Waals surface area contributed by atoms with Crippen molar-refractivity contribution >= 4 is 46.6 Å². The molecular weight excluding hydrogens is 430 g/mol. The summed E-state index contributed by atoms with van der Waals surface area (Å²) in [6.45, 7) is 0.234. The summed E-state index contributed by atoms with van der Waals surface area (Å²) < 4.78 is 11.3. The van der Waals surface area contributed by atoms with Gasteiger partial charge < -0.3 is 19.9 Å². The van der Waals surface area contributed by atoms with Crippen LogP contribution < -0.4 is 14.8 Å². The standard InChI is InChI=1S/C20H18ClN3O5S/c1-28-15-8-4-6-12(18(15)29-11-13-5-2-3-7-14(13)21)10-22-24-20-23-19(27)16(30-20)9-17(25)26/h2-8,10,16H,9,11H2,1H3,(H,25,26)(H,23,24,27)/b22-10-/t16-/m0/s1. The van der Waals surface area contributed by atoms with Crippen molar-refractivity contribution in [2.45, 2.75) is 18.3 Å². The van der Waals surface area contributed by atoms with Gasteiger partial charge in [0.1, 0.15) is 11.9 Å². The number of carbonyl (C=O) groups is 2. The molecule has 10 heteroatoms. The summed E-state index contributed by atoms with van der Waals surface area (Å²) in [6.07, 6.45) is 1.18. The highest BCUT2D eigenvalue weighted by atomic mass is 35.5. The largest absolute Gasteiger partial charge is 0.493 e. The van der Waals surface area contributed by atoms with Crippen LogP contribution >= 0.6 is 23.4 Å². The third kappa shape index (κ3) is 5.52. The number of amidine groups is 1. The van der Waals surface area contributed by atoms with Crippen LogP contribution in [0.4, 0.5) is 0 Å². The molecule has 1 saturated heterocycles. The number of carboxylic acid groups (broad SMARTS) is 1. The highest BCUT2D eigenvalue weighted by Crippen LogP contribution is 2.31. The number of ether oxygens (including phenoxy) is 2. The second-order valence-electron chi connectivity index (χ2n) is 6.10. The Kier molecular flexibility index (Phi) is 7.31. The molecule has 3 rings (SSSR count). The lowest BCUT2D eigenvalue weighted by Crippen LogP contribution is -2.26. The zero-order valence-corrected chi connectivity index (χ0v) is 17.4. The number of nitrogens with zero attached hydrogens (tertiary/aromatic N) is 2. The highest BCUT2D eigenvalue weighted by Gasteiger charge is 2.32. The second kappa shape index (κ2) is 10.1. The maximum Gasteiger partial charge on any atom is 0.305 e. The Bertz CT molecular complexity index is 1010. The topological polar surface area (TPSA) is 110 Å². The van der Waals surface area contributed by atoms with Gasteiger partial charge in [0.25, 0.3) is 0 Å². The molecule has 2 aromatic rings. The molecule has 0 aromatic heterocycles. The number of rotatable bonds is 8. The average molecular weight is 448 g/mol. The van der Waals surface area contributed by atoms with Crippen LogP contribution in [0.3, 0.4) is 0 Å². The SMILES string of the molecule is COc1cccc(/C=N\N=C2\NC(=O)[C@H](CC(=O)O)S2)c1OCc1ccccc1Cl. The van der Waals surface area contributed by atoms with Crippen molar-refractivity contribution in [3.05, 3.63) is 58.6 Å². The van der Waals surface area contributed by atoms with E-state index in [0.717, 1.165) is 17.3 Å². The summed E-state index contributed by atoms with van der Waals surface area (Å²) in [4.78, 5) is 22.6. The molecule has 2 N–H and O–H groups in total. The molecule has 2 aromatic carbocycles. The van der Waals surface area contributed by atoms with Gasteiger partial charge in [0.2, 0.25) is 5.91 Å². The lowest BCUT2D eigenvalue weighted by molar-refractivity contribution is -0.138. The first-order valence-corrected chi connectivity index (χ1v) is 10.1. The predicted octanol–water partition coefficient (Wildman–Crippen LogP) is 3.32. The number of para-hydroxylation sites is 1. The maximum atomic E-state index is 11.8. The van der Waals surface area contributed by atoms with Gasteiger partial charge in [0, 0.05) is 16.1 Å². The fourth-order valence-electron chi connectivity index (χ4n) is 2.60. The van der Waals surface area contributed by atoms with Crippen LogP contribution in [0.5, 0.6) is 11.5 Å². The third-order valence-electron chi connectivity index (χ3n) is 4.04. The van der Waals surface area contributed by atoms with Crippen molar-refractivity contribution in [3.63, 3.8) is 0 Å². The molecular formula is C20H18ClN3O5S. The first kappa shape index (κ1) is 21.7. The molecule has 0 saturated carbocycles.